The van der Waals surface area contributed by atoms with Crippen molar-refractivity contribution in [3.05, 3.63) is 29.6 Å². The highest BCUT2D eigenvalue weighted by Gasteiger charge is 2.22. The molecule has 1 aromatic rings. The third-order valence-corrected chi connectivity index (χ3v) is 3.92. The number of hydrogen-bond donors (Lipinski definition) is 3. The van der Waals surface area contributed by atoms with Gasteiger partial charge in [-0.3, -0.25) is 0 Å². The van der Waals surface area contributed by atoms with Gasteiger partial charge in [0.15, 0.2) is 0 Å². The minimum atomic E-state index is -1.06. The normalized spacial score (nSPS) is 21.6. The molecule has 2 unspecified atom stereocenters. The molecule has 114 valence electrons. The third-order valence-electron chi connectivity index (χ3n) is 3.92. The van der Waals surface area contributed by atoms with Crippen LogP contribution >= 0.6 is 0 Å². The van der Waals surface area contributed by atoms with E-state index in [1.165, 1.54) is 18.7 Å². The second kappa shape index (κ2) is 7.06. The van der Waals surface area contributed by atoms with E-state index >= 15 is 0 Å². The van der Waals surface area contributed by atoms with Gasteiger partial charge >= 0.3 is 12.0 Å². The van der Waals surface area contributed by atoms with E-state index in [1.54, 1.807) is 6.07 Å². The zero-order chi connectivity index (χ0) is 15.2. The average Bonchev–Trinajstić information content (AvgIpc) is 2.48. The molecule has 0 radical (unpaired) electrons. The summed E-state index contributed by atoms with van der Waals surface area (Å²) in [5.41, 5.74) is 0.770. The Labute approximate surface area is 124 Å². The predicted octanol–water partition coefficient (Wildman–Crippen LogP) is 2.16. The molecule has 0 aromatic carbocycles. The lowest BCUT2D eigenvalue weighted by Gasteiger charge is -2.29. The van der Waals surface area contributed by atoms with E-state index in [9.17, 15) is 9.59 Å². The topological polar surface area (TPSA) is 91.3 Å². The number of rotatable bonds is 4. The fourth-order valence-corrected chi connectivity index (χ4v) is 2.59. The standard InChI is InChI=1S/C15H21N3O3/c1-10-4-2-3-5-12(10)18-15(21)17-9-11-6-7-13(14(19)20)16-8-11/h6-8,10,12H,2-5,9H2,1H3,(H,19,20)(H2,17,18,21). The van der Waals surface area contributed by atoms with Crippen molar-refractivity contribution in [1.82, 2.24) is 15.6 Å². The highest BCUT2D eigenvalue weighted by atomic mass is 16.4. The van der Waals surface area contributed by atoms with Crippen molar-refractivity contribution in [3.8, 4) is 0 Å². The van der Waals surface area contributed by atoms with Crippen LogP contribution in [0.25, 0.3) is 0 Å². The minimum Gasteiger partial charge on any atom is -0.477 e. The average molecular weight is 291 g/mol. The van der Waals surface area contributed by atoms with Gasteiger partial charge in [0.05, 0.1) is 0 Å². The molecule has 1 saturated carbocycles. The van der Waals surface area contributed by atoms with E-state index in [1.807, 2.05) is 0 Å². The quantitative estimate of drug-likeness (QED) is 0.792. The first-order valence-electron chi connectivity index (χ1n) is 7.29. The van der Waals surface area contributed by atoms with E-state index in [4.69, 9.17) is 5.11 Å². The Bertz CT molecular complexity index is 501. The molecule has 2 amide bonds. The molecular formula is C15H21N3O3. The summed E-state index contributed by atoms with van der Waals surface area (Å²) in [4.78, 5) is 26.4. The molecule has 1 fully saturated rings. The van der Waals surface area contributed by atoms with Crippen LogP contribution in [0.15, 0.2) is 18.3 Å². The maximum absolute atomic E-state index is 11.9. The lowest BCUT2D eigenvalue weighted by atomic mass is 9.86. The molecule has 0 saturated heterocycles. The summed E-state index contributed by atoms with van der Waals surface area (Å²) < 4.78 is 0. The summed E-state index contributed by atoms with van der Waals surface area (Å²) >= 11 is 0. The van der Waals surface area contributed by atoms with Gasteiger partial charge in [-0.25, -0.2) is 14.6 Å². The molecular weight excluding hydrogens is 270 g/mol. The van der Waals surface area contributed by atoms with Crippen LogP contribution in [0.4, 0.5) is 4.79 Å². The predicted molar refractivity (Wildman–Crippen MR) is 78.0 cm³/mol. The first-order chi connectivity index (χ1) is 10.1. The van der Waals surface area contributed by atoms with E-state index in [-0.39, 0.29) is 17.8 Å². The summed E-state index contributed by atoms with van der Waals surface area (Å²) in [5, 5.41) is 14.5. The first kappa shape index (κ1) is 15.3. The molecule has 2 rings (SSSR count). The van der Waals surface area contributed by atoms with Gasteiger partial charge in [0.1, 0.15) is 5.69 Å². The van der Waals surface area contributed by atoms with Gasteiger partial charge in [0.25, 0.3) is 0 Å². The van der Waals surface area contributed by atoms with E-state index < -0.39 is 5.97 Å². The molecule has 1 heterocycles. The number of pyridine rings is 1. The SMILES string of the molecule is CC1CCCCC1NC(=O)NCc1ccc(C(=O)O)nc1. The van der Waals surface area contributed by atoms with Gasteiger partial charge in [-0.05, 0) is 30.4 Å². The van der Waals surface area contributed by atoms with Crippen molar-refractivity contribution in [1.29, 1.82) is 0 Å². The Morgan fingerprint density at radius 3 is 2.71 bits per heavy atom. The number of carboxylic acid groups (broad SMARTS) is 1. The van der Waals surface area contributed by atoms with Crippen molar-refractivity contribution < 1.29 is 14.7 Å². The van der Waals surface area contributed by atoms with Gasteiger partial charge in [-0.2, -0.15) is 0 Å². The van der Waals surface area contributed by atoms with Crippen molar-refractivity contribution in [2.75, 3.05) is 0 Å². The number of carbonyl (C=O) groups excluding carboxylic acids is 1. The lowest BCUT2D eigenvalue weighted by Crippen LogP contribution is -2.45. The van der Waals surface area contributed by atoms with Crippen molar-refractivity contribution in [3.63, 3.8) is 0 Å². The zero-order valence-electron chi connectivity index (χ0n) is 12.1. The Hall–Kier alpha value is -2.11. The maximum Gasteiger partial charge on any atom is 0.354 e. The number of nitrogens with zero attached hydrogens (tertiary/aromatic N) is 1. The minimum absolute atomic E-state index is 0.000711. The highest BCUT2D eigenvalue weighted by molar-refractivity contribution is 5.85. The molecule has 1 aliphatic rings. The van der Waals surface area contributed by atoms with Gasteiger partial charge in [0, 0.05) is 18.8 Å². The van der Waals surface area contributed by atoms with Gasteiger partial charge in [-0.1, -0.05) is 25.8 Å². The first-order valence-corrected chi connectivity index (χ1v) is 7.29. The molecule has 0 bridgehead atoms. The second-order valence-electron chi connectivity index (χ2n) is 5.55. The van der Waals surface area contributed by atoms with Gasteiger partial charge in [0.2, 0.25) is 0 Å². The zero-order valence-corrected chi connectivity index (χ0v) is 12.1. The van der Waals surface area contributed by atoms with Crippen molar-refractivity contribution in [2.45, 2.75) is 45.2 Å². The fourth-order valence-electron chi connectivity index (χ4n) is 2.59. The smallest absolute Gasteiger partial charge is 0.354 e. The monoisotopic (exact) mass is 291 g/mol. The summed E-state index contributed by atoms with van der Waals surface area (Å²) in [5.74, 6) is -0.542. The molecule has 6 nitrogen and oxygen atoms in total. The second-order valence-corrected chi connectivity index (χ2v) is 5.55. The Morgan fingerprint density at radius 1 is 1.33 bits per heavy atom. The Morgan fingerprint density at radius 2 is 2.10 bits per heavy atom. The van der Waals surface area contributed by atoms with Crippen LogP contribution in [-0.4, -0.2) is 28.1 Å². The number of nitrogens with one attached hydrogen (secondary N) is 2. The van der Waals surface area contributed by atoms with Crippen LogP contribution in [-0.2, 0) is 6.54 Å². The Kier molecular flexibility index (Phi) is 5.14. The maximum atomic E-state index is 11.9. The van der Waals surface area contributed by atoms with Crippen LogP contribution in [0.2, 0.25) is 0 Å². The number of carboxylic acids is 1. The summed E-state index contributed by atoms with van der Waals surface area (Å²) in [6.07, 6.45) is 6.06. The van der Waals surface area contributed by atoms with Crippen molar-refractivity contribution >= 4 is 12.0 Å². The molecule has 1 aromatic heterocycles. The number of amides is 2. The summed E-state index contributed by atoms with van der Waals surface area (Å²) in [6.45, 7) is 2.50. The van der Waals surface area contributed by atoms with Crippen LogP contribution in [0, 0.1) is 5.92 Å². The Balaban J connectivity index is 1.79. The number of aromatic nitrogens is 1. The molecule has 2 atom stereocenters. The van der Waals surface area contributed by atoms with Gasteiger partial charge < -0.3 is 15.7 Å². The van der Waals surface area contributed by atoms with E-state index in [2.05, 4.69) is 22.5 Å². The van der Waals surface area contributed by atoms with Gasteiger partial charge in [-0.15, -0.1) is 0 Å². The third kappa shape index (κ3) is 4.44. The molecule has 6 heteroatoms. The van der Waals surface area contributed by atoms with Crippen LogP contribution in [0.1, 0.15) is 48.7 Å². The van der Waals surface area contributed by atoms with E-state index in [0.29, 0.717) is 12.5 Å². The fraction of sp³-hybridized carbons (Fsp3) is 0.533. The van der Waals surface area contributed by atoms with Crippen molar-refractivity contribution in [2.24, 2.45) is 5.92 Å². The van der Waals surface area contributed by atoms with Crippen LogP contribution in [0.5, 0.6) is 0 Å². The number of hydrogen-bond acceptors (Lipinski definition) is 3. The number of aromatic carboxylic acids is 1. The summed E-state index contributed by atoms with van der Waals surface area (Å²) in [7, 11) is 0. The number of carbonyl (C=O) groups is 2. The van der Waals surface area contributed by atoms with E-state index in [0.717, 1.165) is 24.8 Å². The number of urea groups is 1. The molecule has 3 N–H and O–H groups in total. The molecule has 0 aliphatic heterocycles. The molecule has 0 spiro atoms. The lowest BCUT2D eigenvalue weighted by molar-refractivity contribution is 0.0690. The van der Waals surface area contributed by atoms with Crippen LogP contribution in [0.3, 0.4) is 0 Å². The van der Waals surface area contributed by atoms with Crippen LogP contribution < -0.4 is 10.6 Å². The summed E-state index contributed by atoms with van der Waals surface area (Å²) in [6, 6.07) is 3.14. The largest absolute Gasteiger partial charge is 0.477 e. The molecule has 21 heavy (non-hydrogen) atoms. The molecule has 1 aliphatic carbocycles. The highest BCUT2D eigenvalue weighted by Crippen LogP contribution is 2.23.